The van der Waals surface area contributed by atoms with Crippen LogP contribution in [0.2, 0.25) is 0 Å². The topological polar surface area (TPSA) is 87.8 Å². The van der Waals surface area contributed by atoms with Crippen molar-refractivity contribution in [1.29, 1.82) is 0 Å². The molecular formula is C15H28N6O2. The first kappa shape index (κ1) is 17.7. The van der Waals surface area contributed by atoms with E-state index in [0.29, 0.717) is 18.3 Å². The van der Waals surface area contributed by atoms with E-state index in [4.69, 9.17) is 9.26 Å². The Morgan fingerprint density at radius 1 is 1.30 bits per heavy atom. The van der Waals surface area contributed by atoms with Crippen molar-refractivity contribution in [2.75, 3.05) is 39.4 Å². The molecule has 2 rings (SSSR count). The highest BCUT2D eigenvalue weighted by Crippen LogP contribution is 2.15. The van der Waals surface area contributed by atoms with Gasteiger partial charge in [0.15, 0.2) is 11.8 Å². The summed E-state index contributed by atoms with van der Waals surface area (Å²) in [5, 5.41) is 10.5. The van der Waals surface area contributed by atoms with Crippen molar-refractivity contribution < 1.29 is 9.26 Å². The van der Waals surface area contributed by atoms with Crippen molar-refractivity contribution in [3.05, 3.63) is 11.7 Å². The van der Waals surface area contributed by atoms with Crippen molar-refractivity contribution >= 4 is 5.96 Å². The van der Waals surface area contributed by atoms with Gasteiger partial charge in [-0.3, -0.25) is 4.90 Å². The minimum Gasteiger partial charge on any atom is -0.379 e. The van der Waals surface area contributed by atoms with E-state index >= 15 is 0 Å². The first-order valence-corrected chi connectivity index (χ1v) is 8.15. The summed E-state index contributed by atoms with van der Waals surface area (Å²) in [6.07, 6.45) is 0. The minimum absolute atomic E-state index is 0.0305. The third-order valence-corrected chi connectivity index (χ3v) is 3.85. The fourth-order valence-electron chi connectivity index (χ4n) is 2.48. The monoisotopic (exact) mass is 324 g/mol. The standard InChI is InChI=1S/C15H28N6O2/c1-5-16-14(17-10-13-19-12(2)23-20-13)18-11-15(3,4)21-6-8-22-9-7-21/h5-11H2,1-4H3,(H2,16,17,18). The van der Waals surface area contributed by atoms with Gasteiger partial charge in [0.25, 0.3) is 0 Å². The number of ether oxygens (including phenoxy) is 1. The second-order valence-corrected chi connectivity index (χ2v) is 6.19. The van der Waals surface area contributed by atoms with Gasteiger partial charge in [-0.25, -0.2) is 4.99 Å². The first-order chi connectivity index (χ1) is 11.0. The predicted octanol–water partition coefficient (Wildman–Crippen LogP) is 0.544. The summed E-state index contributed by atoms with van der Waals surface area (Å²) in [6.45, 7) is 13.8. The van der Waals surface area contributed by atoms with Crippen molar-refractivity contribution in [3.63, 3.8) is 0 Å². The van der Waals surface area contributed by atoms with Crippen LogP contribution in [0.1, 0.15) is 32.5 Å². The Balaban J connectivity index is 1.90. The molecule has 0 radical (unpaired) electrons. The number of aromatic nitrogens is 2. The van der Waals surface area contributed by atoms with Crippen molar-refractivity contribution in [2.24, 2.45) is 4.99 Å². The third kappa shape index (κ3) is 5.47. The number of hydrogen-bond acceptors (Lipinski definition) is 6. The van der Waals surface area contributed by atoms with Gasteiger partial charge in [0.05, 0.1) is 13.2 Å². The molecule has 23 heavy (non-hydrogen) atoms. The van der Waals surface area contributed by atoms with Gasteiger partial charge in [-0.1, -0.05) is 5.16 Å². The van der Waals surface area contributed by atoms with Crippen LogP contribution in [0.15, 0.2) is 9.52 Å². The highest BCUT2D eigenvalue weighted by atomic mass is 16.5. The number of nitrogens with zero attached hydrogens (tertiary/aromatic N) is 4. The zero-order valence-corrected chi connectivity index (χ0v) is 14.6. The lowest BCUT2D eigenvalue weighted by molar-refractivity contribution is -0.00834. The SMILES string of the molecule is CCNC(=NCc1noc(C)n1)NCC(C)(C)N1CCOCC1. The summed E-state index contributed by atoms with van der Waals surface area (Å²) in [4.78, 5) is 11.1. The molecule has 1 aromatic rings. The van der Waals surface area contributed by atoms with Gasteiger partial charge in [0.2, 0.25) is 5.89 Å². The molecule has 8 nitrogen and oxygen atoms in total. The van der Waals surface area contributed by atoms with Gasteiger partial charge in [-0.2, -0.15) is 4.98 Å². The van der Waals surface area contributed by atoms with E-state index in [1.54, 1.807) is 6.92 Å². The molecule has 1 fully saturated rings. The Hall–Kier alpha value is -1.67. The number of nitrogens with one attached hydrogen (secondary N) is 2. The molecule has 1 aliphatic heterocycles. The summed E-state index contributed by atoms with van der Waals surface area (Å²) in [5.41, 5.74) is 0.0305. The average molecular weight is 324 g/mol. The minimum atomic E-state index is 0.0305. The molecule has 8 heteroatoms. The molecule has 0 spiro atoms. The van der Waals surface area contributed by atoms with E-state index in [1.165, 1.54) is 0 Å². The summed E-state index contributed by atoms with van der Waals surface area (Å²) in [6, 6.07) is 0. The van der Waals surface area contributed by atoms with E-state index in [1.807, 2.05) is 6.92 Å². The lowest BCUT2D eigenvalue weighted by Gasteiger charge is -2.41. The maximum absolute atomic E-state index is 5.43. The zero-order valence-electron chi connectivity index (χ0n) is 14.6. The van der Waals surface area contributed by atoms with Crippen LogP contribution in [0.5, 0.6) is 0 Å². The lowest BCUT2D eigenvalue weighted by Crippen LogP contribution is -2.56. The van der Waals surface area contributed by atoms with Gasteiger partial charge in [0.1, 0.15) is 6.54 Å². The molecule has 2 N–H and O–H groups in total. The highest BCUT2D eigenvalue weighted by molar-refractivity contribution is 5.79. The molecule has 0 aliphatic carbocycles. The van der Waals surface area contributed by atoms with Gasteiger partial charge in [-0.05, 0) is 20.8 Å². The van der Waals surface area contributed by atoms with E-state index in [9.17, 15) is 0 Å². The highest BCUT2D eigenvalue weighted by Gasteiger charge is 2.28. The molecule has 1 aromatic heterocycles. The smallest absolute Gasteiger partial charge is 0.223 e. The first-order valence-electron chi connectivity index (χ1n) is 8.15. The Labute approximate surface area is 137 Å². The Morgan fingerprint density at radius 2 is 2.04 bits per heavy atom. The fraction of sp³-hybridized carbons (Fsp3) is 0.800. The Bertz CT molecular complexity index is 508. The molecule has 0 atom stereocenters. The Kier molecular flexibility index (Phi) is 6.35. The van der Waals surface area contributed by atoms with Crippen LogP contribution in [-0.2, 0) is 11.3 Å². The maximum Gasteiger partial charge on any atom is 0.223 e. The second kappa shape index (κ2) is 8.26. The third-order valence-electron chi connectivity index (χ3n) is 3.85. The largest absolute Gasteiger partial charge is 0.379 e. The second-order valence-electron chi connectivity index (χ2n) is 6.19. The van der Waals surface area contributed by atoms with E-state index in [-0.39, 0.29) is 5.54 Å². The quantitative estimate of drug-likeness (QED) is 0.583. The van der Waals surface area contributed by atoms with E-state index in [2.05, 4.69) is 44.5 Å². The Morgan fingerprint density at radius 3 is 2.65 bits per heavy atom. The number of aryl methyl sites for hydroxylation is 1. The zero-order chi connectivity index (χ0) is 16.7. The number of rotatable bonds is 6. The molecule has 0 bridgehead atoms. The van der Waals surface area contributed by atoms with Crippen LogP contribution < -0.4 is 10.6 Å². The summed E-state index contributed by atoms with van der Waals surface area (Å²) in [5.74, 6) is 1.91. The molecule has 130 valence electrons. The van der Waals surface area contributed by atoms with Gasteiger partial charge in [0, 0.05) is 38.6 Å². The summed E-state index contributed by atoms with van der Waals surface area (Å²) >= 11 is 0. The number of guanidine groups is 1. The van der Waals surface area contributed by atoms with E-state index < -0.39 is 0 Å². The number of morpholine rings is 1. The number of aliphatic imine (C=N–C) groups is 1. The molecule has 0 saturated carbocycles. The van der Waals surface area contributed by atoms with Gasteiger partial charge >= 0.3 is 0 Å². The van der Waals surface area contributed by atoms with Crippen LogP contribution >= 0.6 is 0 Å². The maximum atomic E-state index is 5.43. The van der Waals surface area contributed by atoms with Crippen LogP contribution in [0.25, 0.3) is 0 Å². The van der Waals surface area contributed by atoms with E-state index in [0.717, 1.165) is 45.4 Å². The molecular weight excluding hydrogens is 296 g/mol. The molecule has 0 aromatic carbocycles. The molecule has 2 heterocycles. The fourth-order valence-corrected chi connectivity index (χ4v) is 2.48. The van der Waals surface area contributed by atoms with Crippen LogP contribution in [0, 0.1) is 6.92 Å². The van der Waals surface area contributed by atoms with Crippen LogP contribution in [0.4, 0.5) is 0 Å². The van der Waals surface area contributed by atoms with Crippen molar-refractivity contribution in [1.82, 2.24) is 25.7 Å². The van der Waals surface area contributed by atoms with Crippen molar-refractivity contribution in [3.8, 4) is 0 Å². The normalized spacial score (nSPS) is 17.3. The predicted molar refractivity (Wildman–Crippen MR) is 88.3 cm³/mol. The van der Waals surface area contributed by atoms with Gasteiger partial charge < -0.3 is 19.9 Å². The summed E-state index contributed by atoms with van der Waals surface area (Å²) in [7, 11) is 0. The molecule has 0 amide bonds. The average Bonchev–Trinajstić information content (AvgIpc) is 2.96. The molecule has 1 aliphatic rings. The van der Waals surface area contributed by atoms with Crippen LogP contribution in [0.3, 0.4) is 0 Å². The lowest BCUT2D eigenvalue weighted by atomic mass is 10.0. The number of hydrogen-bond donors (Lipinski definition) is 2. The molecule has 0 unspecified atom stereocenters. The summed E-state index contributed by atoms with van der Waals surface area (Å²) < 4.78 is 10.4. The van der Waals surface area contributed by atoms with Crippen LogP contribution in [-0.4, -0.2) is 65.9 Å². The van der Waals surface area contributed by atoms with Gasteiger partial charge in [-0.15, -0.1) is 0 Å². The molecule has 1 saturated heterocycles. The van der Waals surface area contributed by atoms with Crippen molar-refractivity contribution in [2.45, 2.75) is 39.8 Å².